The first-order valence-electron chi connectivity index (χ1n) is 7.47. The third-order valence-electron chi connectivity index (χ3n) is 3.11. The topological polar surface area (TPSA) is 60.2 Å². The van der Waals surface area contributed by atoms with Crippen molar-refractivity contribution in [2.45, 2.75) is 46.8 Å². The largest absolute Gasteiger partial charge is 0.485 e. The third kappa shape index (κ3) is 4.56. The predicted molar refractivity (Wildman–Crippen MR) is 81.2 cm³/mol. The van der Waals surface area contributed by atoms with Crippen LogP contribution in [0.15, 0.2) is 22.7 Å². The van der Waals surface area contributed by atoms with E-state index in [1.165, 1.54) is 5.56 Å². The van der Waals surface area contributed by atoms with Crippen LogP contribution in [-0.2, 0) is 19.6 Å². The van der Waals surface area contributed by atoms with Gasteiger partial charge in [-0.3, -0.25) is 0 Å². The van der Waals surface area contributed by atoms with Crippen molar-refractivity contribution in [3.8, 4) is 5.75 Å². The van der Waals surface area contributed by atoms with E-state index in [9.17, 15) is 0 Å². The fraction of sp³-hybridized carbons (Fsp3) is 0.500. The van der Waals surface area contributed by atoms with E-state index in [2.05, 4.69) is 42.3 Å². The van der Waals surface area contributed by atoms with E-state index in [1.807, 2.05) is 12.1 Å². The van der Waals surface area contributed by atoms with E-state index in [0.717, 1.165) is 37.2 Å². The van der Waals surface area contributed by atoms with Crippen molar-refractivity contribution in [2.75, 3.05) is 6.54 Å². The molecule has 5 heteroatoms. The first-order valence-corrected chi connectivity index (χ1v) is 7.47. The van der Waals surface area contributed by atoms with Crippen LogP contribution in [0.2, 0.25) is 0 Å². The normalized spacial score (nSPS) is 10.8. The van der Waals surface area contributed by atoms with Gasteiger partial charge in [-0.1, -0.05) is 36.7 Å². The Balaban J connectivity index is 2.00. The molecule has 2 aromatic rings. The van der Waals surface area contributed by atoms with Gasteiger partial charge in [0.15, 0.2) is 6.61 Å². The molecule has 1 aromatic heterocycles. The molecule has 0 bridgehead atoms. The Kier molecular flexibility index (Phi) is 5.75. The van der Waals surface area contributed by atoms with Gasteiger partial charge in [0.25, 0.3) is 0 Å². The minimum atomic E-state index is 0.329. The van der Waals surface area contributed by atoms with Gasteiger partial charge in [-0.25, -0.2) is 0 Å². The van der Waals surface area contributed by atoms with Crippen LogP contribution in [0.4, 0.5) is 0 Å². The van der Waals surface area contributed by atoms with Crippen molar-refractivity contribution in [1.82, 2.24) is 15.5 Å². The molecule has 0 radical (unpaired) electrons. The fourth-order valence-electron chi connectivity index (χ4n) is 2.05. The summed E-state index contributed by atoms with van der Waals surface area (Å²) in [6, 6.07) is 6.18. The van der Waals surface area contributed by atoms with Gasteiger partial charge in [0.1, 0.15) is 5.75 Å². The summed E-state index contributed by atoms with van der Waals surface area (Å²) in [6.45, 7) is 8.30. The molecule has 0 saturated heterocycles. The second-order valence-corrected chi connectivity index (χ2v) is 5.03. The molecule has 1 aromatic carbocycles. The lowest BCUT2D eigenvalue weighted by molar-refractivity contribution is 0.282. The number of hydrogen-bond donors (Lipinski definition) is 1. The van der Waals surface area contributed by atoms with Crippen molar-refractivity contribution in [3.63, 3.8) is 0 Å². The first kappa shape index (κ1) is 15.5. The molecule has 1 N–H and O–H groups in total. The highest BCUT2D eigenvalue weighted by Gasteiger charge is 2.08. The Bertz CT molecular complexity index is 566. The van der Waals surface area contributed by atoms with Crippen molar-refractivity contribution in [2.24, 2.45) is 0 Å². The summed E-state index contributed by atoms with van der Waals surface area (Å²) >= 11 is 0. The highest BCUT2D eigenvalue weighted by atomic mass is 16.5. The summed E-state index contributed by atoms with van der Waals surface area (Å²) in [6.07, 6.45) is 1.80. The molecule has 21 heavy (non-hydrogen) atoms. The first-order chi connectivity index (χ1) is 10.2. The average Bonchev–Trinajstić information content (AvgIpc) is 2.92. The van der Waals surface area contributed by atoms with Gasteiger partial charge in [-0.15, -0.1) is 0 Å². The van der Waals surface area contributed by atoms with Crippen LogP contribution in [-0.4, -0.2) is 16.7 Å². The number of aromatic nitrogens is 2. The molecule has 5 nitrogen and oxygen atoms in total. The highest BCUT2D eigenvalue weighted by Crippen LogP contribution is 2.21. The quantitative estimate of drug-likeness (QED) is 0.809. The van der Waals surface area contributed by atoms with Crippen LogP contribution >= 0.6 is 0 Å². The van der Waals surface area contributed by atoms with Gasteiger partial charge in [-0.2, -0.15) is 4.98 Å². The molecule has 114 valence electrons. The molecular formula is C16H23N3O2. The van der Waals surface area contributed by atoms with Crippen molar-refractivity contribution in [3.05, 3.63) is 41.0 Å². The molecule has 0 spiro atoms. The molecule has 0 atom stereocenters. The number of nitrogens with one attached hydrogen (secondary N) is 1. The SMILES string of the molecule is CCCc1nc(COc2ccc(C)cc2CNCC)no1. The van der Waals surface area contributed by atoms with Gasteiger partial charge in [0.2, 0.25) is 11.7 Å². The van der Waals surface area contributed by atoms with Crippen molar-refractivity contribution < 1.29 is 9.26 Å². The highest BCUT2D eigenvalue weighted by molar-refractivity contribution is 5.36. The Hall–Kier alpha value is -1.88. The summed E-state index contributed by atoms with van der Waals surface area (Å²) in [7, 11) is 0. The Morgan fingerprint density at radius 1 is 1.29 bits per heavy atom. The van der Waals surface area contributed by atoms with Crippen molar-refractivity contribution >= 4 is 0 Å². The van der Waals surface area contributed by atoms with Crippen molar-refractivity contribution in [1.29, 1.82) is 0 Å². The maximum atomic E-state index is 5.84. The summed E-state index contributed by atoms with van der Waals surface area (Å²) in [5.41, 5.74) is 2.37. The Labute approximate surface area is 125 Å². The predicted octanol–water partition coefficient (Wildman–Crippen LogP) is 3.02. The number of nitrogens with zero attached hydrogens (tertiary/aromatic N) is 2. The molecule has 0 amide bonds. The molecule has 0 aliphatic heterocycles. The third-order valence-corrected chi connectivity index (χ3v) is 3.11. The van der Waals surface area contributed by atoms with Gasteiger partial charge in [0.05, 0.1) is 0 Å². The molecule has 0 aliphatic carbocycles. The number of hydrogen-bond acceptors (Lipinski definition) is 5. The van der Waals surface area contributed by atoms with Crippen LogP contribution in [0.25, 0.3) is 0 Å². The van der Waals surface area contributed by atoms with E-state index >= 15 is 0 Å². The number of ether oxygens (including phenoxy) is 1. The van der Waals surface area contributed by atoms with Gasteiger partial charge in [0, 0.05) is 18.5 Å². The lowest BCUT2D eigenvalue weighted by Gasteiger charge is -2.11. The Morgan fingerprint density at radius 3 is 2.90 bits per heavy atom. The molecule has 1 heterocycles. The summed E-state index contributed by atoms with van der Waals surface area (Å²) in [4.78, 5) is 4.31. The zero-order chi connectivity index (χ0) is 15.1. The second kappa shape index (κ2) is 7.78. The zero-order valence-electron chi connectivity index (χ0n) is 13.0. The number of aryl methyl sites for hydroxylation is 2. The summed E-state index contributed by atoms with van der Waals surface area (Å²) < 4.78 is 11.0. The molecule has 0 aliphatic rings. The number of rotatable bonds is 8. The molecular weight excluding hydrogens is 266 g/mol. The van der Waals surface area contributed by atoms with Gasteiger partial charge in [-0.05, 0) is 26.0 Å². The fourth-order valence-corrected chi connectivity index (χ4v) is 2.05. The van der Waals surface area contributed by atoms with Gasteiger partial charge >= 0.3 is 0 Å². The second-order valence-electron chi connectivity index (χ2n) is 5.03. The lowest BCUT2D eigenvalue weighted by Crippen LogP contribution is -2.13. The molecule has 0 fully saturated rings. The van der Waals surface area contributed by atoms with Crippen LogP contribution in [0.1, 0.15) is 43.1 Å². The van der Waals surface area contributed by atoms with Crippen LogP contribution in [0.5, 0.6) is 5.75 Å². The minimum absolute atomic E-state index is 0.329. The van der Waals surface area contributed by atoms with Crippen LogP contribution < -0.4 is 10.1 Å². The average molecular weight is 289 g/mol. The molecule has 0 saturated carbocycles. The molecule has 2 rings (SSSR count). The van der Waals surface area contributed by atoms with E-state index in [-0.39, 0.29) is 0 Å². The monoisotopic (exact) mass is 289 g/mol. The lowest BCUT2D eigenvalue weighted by atomic mass is 10.1. The summed E-state index contributed by atoms with van der Waals surface area (Å²) in [5.74, 6) is 2.13. The standard InChI is InChI=1S/C16H23N3O2/c1-4-6-16-18-15(19-21-16)11-20-14-8-7-12(3)9-13(14)10-17-5-2/h7-9,17H,4-6,10-11H2,1-3H3. The molecule has 0 unspecified atom stereocenters. The maximum Gasteiger partial charge on any atom is 0.226 e. The summed E-state index contributed by atoms with van der Waals surface area (Å²) in [5, 5.41) is 7.25. The minimum Gasteiger partial charge on any atom is -0.485 e. The Morgan fingerprint density at radius 2 is 2.14 bits per heavy atom. The smallest absolute Gasteiger partial charge is 0.226 e. The van der Waals surface area contributed by atoms with Gasteiger partial charge < -0.3 is 14.6 Å². The van der Waals surface area contributed by atoms with E-state index in [4.69, 9.17) is 9.26 Å². The van der Waals surface area contributed by atoms with E-state index in [1.54, 1.807) is 0 Å². The van der Waals surface area contributed by atoms with Crippen LogP contribution in [0, 0.1) is 6.92 Å². The maximum absolute atomic E-state index is 5.84. The van der Waals surface area contributed by atoms with Crippen LogP contribution in [0.3, 0.4) is 0 Å². The van der Waals surface area contributed by atoms with E-state index in [0.29, 0.717) is 18.3 Å². The zero-order valence-corrected chi connectivity index (χ0v) is 13.0. The number of benzene rings is 1. The van der Waals surface area contributed by atoms with E-state index < -0.39 is 0 Å².